The van der Waals surface area contributed by atoms with Gasteiger partial charge in [-0.3, -0.25) is 4.68 Å². The van der Waals surface area contributed by atoms with E-state index in [0.29, 0.717) is 11.8 Å². The zero-order chi connectivity index (χ0) is 13.8. The molecule has 0 amide bonds. The van der Waals surface area contributed by atoms with Crippen molar-refractivity contribution in [2.24, 2.45) is 5.92 Å². The van der Waals surface area contributed by atoms with Gasteiger partial charge in [-0.1, -0.05) is 19.0 Å². The van der Waals surface area contributed by atoms with Gasteiger partial charge < -0.3 is 4.52 Å². The Morgan fingerprint density at radius 3 is 2.84 bits per heavy atom. The van der Waals surface area contributed by atoms with Crippen molar-refractivity contribution in [3.05, 3.63) is 17.6 Å². The monoisotopic (exact) mass is 280 g/mol. The summed E-state index contributed by atoms with van der Waals surface area (Å²) in [6, 6.07) is 2.06. The van der Waals surface area contributed by atoms with Gasteiger partial charge in [0.2, 0.25) is 0 Å². The number of thioether (sulfide) groups is 1. The second-order valence-electron chi connectivity index (χ2n) is 4.88. The fourth-order valence-corrected chi connectivity index (χ4v) is 2.32. The fraction of sp³-hybridized carbons (Fsp3) is 0.615. The Kier molecular flexibility index (Phi) is 4.63. The molecule has 0 atom stereocenters. The van der Waals surface area contributed by atoms with Crippen molar-refractivity contribution >= 4 is 11.8 Å². The first-order chi connectivity index (χ1) is 9.13. The molecule has 19 heavy (non-hydrogen) atoms. The highest BCUT2D eigenvalue weighted by Gasteiger charge is 2.16. The highest BCUT2D eigenvalue weighted by molar-refractivity contribution is 7.97. The maximum absolute atomic E-state index is 5.33. The SMILES string of the molecule is CCn1nc(CC(C)C)cc1-c1nc(CSC)no1. The Morgan fingerprint density at radius 2 is 2.21 bits per heavy atom. The van der Waals surface area contributed by atoms with E-state index in [9.17, 15) is 0 Å². The molecular weight excluding hydrogens is 260 g/mol. The third-order valence-corrected chi connectivity index (χ3v) is 3.26. The van der Waals surface area contributed by atoms with E-state index in [0.717, 1.165) is 35.9 Å². The lowest BCUT2D eigenvalue weighted by molar-refractivity contribution is 0.420. The number of nitrogens with zero attached hydrogens (tertiary/aromatic N) is 4. The first-order valence-electron chi connectivity index (χ1n) is 6.52. The lowest BCUT2D eigenvalue weighted by atomic mass is 10.1. The lowest BCUT2D eigenvalue weighted by Crippen LogP contribution is -2.01. The Bertz CT molecular complexity index is 532. The van der Waals surface area contributed by atoms with Gasteiger partial charge in [0.1, 0.15) is 5.69 Å². The van der Waals surface area contributed by atoms with Crippen LogP contribution in [0.1, 0.15) is 32.3 Å². The molecule has 0 aromatic carbocycles. The van der Waals surface area contributed by atoms with Gasteiger partial charge >= 0.3 is 0 Å². The van der Waals surface area contributed by atoms with Crippen LogP contribution in [0, 0.1) is 5.92 Å². The molecule has 0 aliphatic rings. The third kappa shape index (κ3) is 3.37. The first-order valence-corrected chi connectivity index (χ1v) is 7.92. The second kappa shape index (κ2) is 6.23. The molecule has 0 aliphatic heterocycles. The van der Waals surface area contributed by atoms with E-state index < -0.39 is 0 Å². The quantitative estimate of drug-likeness (QED) is 0.814. The predicted molar refractivity (Wildman–Crippen MR) is 77.0 cm³/mol. The molecule has 0 fully saturated rings. The highest BCUT2D eigenvalue weighted by Crippen LogP contribution is 2.21. The lowest BCUT2D eigenvalue weighted by Gasteiger charge is -1.99. The van der Waals surface area contributed by atoms with Gasteiger partial charge in [0, 0.05) is 6.54 Å². The van der Waals surface area contributed by atoms with E-state index in [1.54, 1.807) is 11.8 Å². The first kappa shape index (κ1) is 14.1. The van der Waals surface area contributed by atoms with Crippen LogP contribution >= 0.6 is 11.8 Å². The van der Waals surface area contributed by atoms with Crippen LogP contribution in [0.2, 0.25) is 0 Å². The molecule has 2 aromatic heterocycles. The Morgan fingerprint density at radius 1 is 1.42 bits per heavy atom. The predicted octanol–water partition coefficient (Wildman–Crippen LogP) is 3.01. The molecule has 0 spiro atoms. The van der Waals surface area contributed by atoms with Crippen molar-refractivity contribution in [3.63, 3.8) is 0 Å². The molecule has 0 saturated carbocycles. The second-order valence-corrected chi connectivity index (χ2v) is 5.75. The van der Waals surface area contributed by atoms with Crippen LogP contribution < -0.4 is 0 Å². The summed E-state index contributed by atoms with van der Waals surface area (Å²) < 4.78 is 7.25. The van der Waals surface area contributed by atoms with Crippen molar-refractivity contribution in [1.29, 1.82) is 0 Å². The largest absolute Gasteiger partial charge is 0.332 e. The smallest absolute Gasteiger partial charge is 0.276 e. The van der Waals surface area contributed by atoms with Gasteiger partial charge in [-0.15, -0.1) is 0 Å². The van der Waals surface area contributed by atoms with Crippen LogP contribution in [0.5, 0.6) is 0 Å². The standard InChI is InChI=1S/C13H20N4OS/c1-5-17-11(7-10(15-17)6-9(2)3)13-14-12(8-19-4)16-18-13/h7,9H,5-6,8H2,1-4H3. The zero-order valence-electron chi connectivity index (χ0n) is 11.9. The maximum Gasteiger partial charge on any atom is 0.276 e. The minimum Gasteiger partial charge on any atom is -0.332 e. The van der Waals surface area contributed by atoms with Gasteiger partial charge in [0.15, 0.2) is 5.82 Å². The van der Waals surface area contributed by atoms with Gasteiger partial charge in [-0.2, -0.15) is 21.8 Å². The van der Waals surface area contributed by atoms with Crippen LogP contribution in [0.3, 0.4) is 0 Å². The number of aromatic nitrogens is 4. The minimum absolute atomic E-state index is 0.563. The number of rotatable bonds is 6. The molecular formula is C13H20N4OS. The van der Waals surface area contributed by atoms with Crippen molar-refractivity contribution in [1.82, 2.24) is 19.9 Å². The maximum atomic E-state index is 5.33. The van der Waals surface area contributed by atoms with E-state index >= 15 is 0 Å². The molecule has 0 saturated heterocycles. The van der Waals surface area contributed by atoms with Crippen molar-refractivity contribution in [3.8, 4) is 11.6 Å². The molecule has 0 aliphatic carbocycles. The third-order valence-electron chi connectivity index (χ3n) is 2.71. The van der Waals surface area contributed by atoms with Crippen LogP contribution in [-0.4, -0.2) is 26.2 Å². The molecule has 2 rings (SSSR count). The van der Waals surface area contributed by atoms with Crippen LogP contribution in [-0.2, 0) is 18.7 Å². The van der Waals surface area contributed by atoms with Crippen LogP contribution in [0.25, 0.3) is 11.6 Å². The summed E-state index contributed by atoms with van der Waals surface area (Å²) in [7, 11) is 0. The molecule has 0 radical (unpaired) electrons. The van der Waals surface area contributed by atoms with E-state index in [2.05, 4.69) is 42.1 Å². The van der Waals surface area contributed by atoms with E-state index in [-0.39, 0.29) is 0 Å². The Hall–Kier alpha value is -1.30. The molecule has 0 bridgehead atoms. The number of aryl methyl sites for hydroxylation is 1. The Labute approximate surface area is 117 Å². The molecule has 2 heterocycles. The summed E-state index contributed by atoms with van der Waals surface area (Å²) in [4.78, 5) is 4.41. The van der Waals surface area contributed by atoms with E-state index in [1.807, 2.05) is 10.9 Å². The average molecular weight is 280 g/mol. The van der Waals surface area contributed by atoms with Crippen LogP contribution in [0.15, 0.2) is 10.6 Å². The van der Waals surface area contributed by atoms with E-state index in [4.69, 9.17) is 4.52 Å². The topological polar surface area (TPSA) is 56.7 Å². The average Bonchev–Trinajstić information content (AvgIpc) is 2.95. The molecule has 104 valence electrons. The summed E-state index contributed by atoms with van der Waals surface area (Å²) in [5, 5.41) is 8.56. The van der Waals surface area contributed by atoms with Gasteiger partial charge in [0.05, 0.1) is 11.4 Å². The van der Waals surface area contributed by atoms with Crippen LogP contribution in [0.4, 0.5) is 0 Å². The normalized spacial score (nSPS) is 11.4. The highest BCUT2D eigenvalue weighted by atomic mass is 32.2. The molecule has 0 unspecified atom stereocenters. The summed E-state index contributed by atoms with van der Waals surface area (Å²) in [6.07, 6.45) is 2.98. The summed E-state index contributed by atoms with van der Waals surface area (Å²) in [5.41, 5.74) is 1.99. The fourth-order valence-electron chi connectivity index (χ4n) is 1.95. The summed E-state index contributed by atoms with van der Waals surface area (Å²) in [5.74, 6) is 2.65. The van der Waals surface area contributed by atoms with Gasteiger partial charge in [-0.25, -0.2) is 0 Å². The summed E-state index contributed by atoms with van der Waals surface area (Å²) >= 11 is 1.68. The Balaban J connectivity index is 2.28. The van der Waals surface area contributed by atoms with Crippen molar-refractivity contribution in [2.45, 2.75) is 39.5 Å². The zero-order valence-corrected chi connectivity index (χ0v) is 12.7. The molecule has 6 heteroatoms. The minimum atomic E-state index is 0.563. The van der Waals surface area contributed by atoms with Gasteiger partial charge in [0.25, 0.3) is 5.89 Å². The van der Waals surface area contributed by atoms with Crippen molar-refractivity contribution < 1.29 is 4.52 Å². The molecule has 5 nitrogen and oxygen atoms in total. The molecule has 0 N–H and O–H groups in total. The van der Waals surface area contributed by atoms with E-state index in [1.165, 1.54) is 0 Å². The number of hydrogen-bond donors (Lipinski definition) is 0. The van der Waals surface area contributed by atoms with Crippen molar-refractivity contribution in [2.75, 3.05) is 6.26 Å². The van der Waals surface area contributed by atoms with Gasteiger partial charge in [-0.05, 0) is 31.6 Å². The molecule has 2 aromatic rings. The summed E-state index contributed by atoms with van der Waals surface area (Å²) in [6.45, 7) is 7.24. The number of hydrogen-bond acceptors (Lipinski definition) is 5.